The summed E-state index contributed by atoms with van der Waals surface area (Å²) in [4.78, 5) is 21.1. The van der Waals surface area contributed by atoms with Crippen molar-refractivity contribution in [1.29, 1.82) is 0 Å². The maximum Gasteiger partial charge on any atom is 0.422 e. The Labute approximate surface area is 213 Å². The molecular formula is C24H22F3N5O6. The van der Waals surface area contributed by atoms with Crippen LogP contribution in [0, 0.1) is 0 Å². The molecule has 0 atom stereocenters. The van der Waals surface area contributed by atoms with Crippen LogP contribution in [-0.2, 0) is 6.54 Å². The first-order valence-corrected chi connectivity index (χ1v) is 11.0. The van der Waals surface area contributed by atoms with Crippen LogP contribution in [0.4, 0.5) is 19.0 Å². The van der Waals surface area contributed by atoms with E-state index in [-0.39, 0.29) is 24.7 Å². The normalized spacial score (nSPS) is 11.3. The van der Waals surface area contributed by atoms with E-state index in [0.717, 1.165) is 10.9 Å². The summed E-state index contributed by atoms with van der Waals surface area (Å²) in [5.74, 6) is 0.675. The quantitative estimate of drug-likeness (QED) is 0.312. The van der Waals surface area contributed by atoms with Crippen LogP contribution in [0.1, 0.15) is 10.5 Å². The van der Waals surface area contributed by atoms with Crippen LogP contribution in [0.25, 0.3) is 10.9 Å². The zero-order chi connectivity index (χ0) is 27.3. The molecule has 4 aromatic rings. The van der Waals surface area contributed by atoms with Crippen molar-refractivity contribution in [3.8, 4) is 28.7 Å². The van der Waals surface area contributed by atoms with Crippen molar-refractivity contribution in [1.82, 2.24) is 19.7 Å². The molecule has 0 radical (unpaired) electrons. The zero-order valence-electron chi connectivity index (χ0n) is 20.2. The molecule has 0 fully saturated rings. The Morgan fingerprint density at radius 2 is 1.82 bits per heavy atom. The van der Waals surface area contributed by atoms with E-state index < -0.39 is 24.4 Å². The number of amides is 1. The molecule has 200 valence electrons. The summed E-state index contributed by atoms with van der Waals surface area (Å²) < 4.78 is 60.2. The predicted molar refractivity (Wildman–Crippen MR) is 128 cm³/mol. The summed E-state index contributed by atoms with van der Waals surface area (Å²) in [6, 6.07) is 8.09. The van der Waals surface area contributed by atoms with Gasteiger partial charge in [0.1, 0.15) is 17.3 Å². The minimum Gasteiger partial charge on any atom is -0.493 e. The van der Waals surface area contributed by atoms with E-state index in [1.54, 1.807) is 30.5 Å². The number of ether oxygens (including phenoxy) is 4. The summed E-state index contributed by atoms with van der Waals surface area (Å²) in [6.45, 7) is -1.98. The minimum atomic E-state index is -4.61. The Bertz CT molecular complexity index is 1430. The summed E-state index contributed by atoms with van der Waals surface area (Å²) in [5.41, 5.74) is 0.221. The number of alkyl halides is 3. The van der Waals surface area contributed by atoms with E-state index in [9.17, 15) is 18.0 Å². The van der Waals surface area contributed by atoms with E-state index in [2.05, 4.69) is 20.4 Å². The van der Waals surface area contributed by atoms with Crippen molar-refractivity contribution in [2.24, 2.45) is 0 Å². The van der Waals surface area contributed by atoms with Crippen LogP contribution in [0.2, 0.25) is 0 Å². The van der Waals surface area contributed by atoms with E-state index in [1.165, 1.54) is 26.5 Å². The lowest BCUT2D eigenvalue weighted by molar-refractivity contribution is -0.153. The smallest absolute Gasteiger partial charge is 0.422 e. The molecule has 2 N–H and O–H groups in total. The van der Waals surface area contributed by atoms with Gasteiger partial charge < -0.3 is 29.4 Å². The van der Waals surface area contributed by atoms with Crippen molar-refractivity contribution in [3.63, 3.8) is 0 Å². The van der Waals surface area contributed by atoms with Gasteiger partial charge in [0, 0.05) is 17.6 Å². The van der Waals surface area contributed by atoms with Crippen molar-refractivity contribution in [2.45, 2.75) is 12.7 Å². The number of fused-ring (bicyclic) bond motifs is 1. The fraction of sp³-hybridized carbons (Fsp3) is 0.250. The van der Waals surface area contributed by atoms with E-state index >= 15 is 0 Å². The van der Waals surface area contributed by atoms with Gasteiger partial charge in [-0.3, -0.25) is 14.5 Å². The van der Waals surface area contributed by atoms with Crippen LogP contribution in [-0.4, -0.2) is 64.4 Å². The molecule has 0 saturated carbocycles. The van der Waals surface area contributed by atoms with Crippen LogP contribution in [0.15, 0.2) is 48.9 Å². The van der Waals surface area contributed by atoms with Gasteiger partial charge in [-0.05, 0) is 24.3 Å². The van der Waals surface area contributed by atoms with E-state index in [0.29, 0.717) is 33.9 Å². The molecule has 0 bridgehead atoms. The second-order valence-electron chi connectivity index (χ2n) is 7.70. The van der Waals surface area contributed by atoms with E-state index in [1.807, 2.05) is 0 Å². The van der Waals surface area contributed by atoms with Crippen LogP contribution in [0.3, 0.4) is 0 Å². The molecule has 0 aliphatic carbocycles. The Morgan fingerprint density at radius 3 is 2.47 bits per heavy atom. The third kappa shape index (κ3) is 6.21. The number of hydrogen-bond donors (Lipinski definition) is 2. The summed E-state index contributed by atoms with van der Waals surface area (Å²) in [7, 11) is 3.03. The molecule has 11 nitrogen and oxygen atoms in total. The third-order valence-electron chi connectivity index (χ3n) is 5.08. The lowest BCUT2D eigenvalue weighted by atomic mass is 10.2. The number of nitrogens with one attached hydrogen (secondary N) is 1. The van der Waals surface area contributed by atoms with Gasteiger partial charge >= 0.3 is 6.18 Å². The number of pyridine rings is 2. The molecule has 3 aromatic heterocycles. The maximum absolute atomic E-state index is 12.7. The Balaban J connectivity index is 1.50. The van der Waals surface area contributed by atoms with Crippen LogP contribution >= 0.6 is 0 Å². The number of benzene rings is 1. The lowest BCUT2D eigenvalue weighted by Gasteiger charge is -2.12. The number of rotatable bonds is 10. The van der Waals surface area contributed by atoms with Crippen molar-refractivity contribution in [2.75, 3.05) is 32.8 Å². The first-order valence-electron chi connectivity index (χ1n) is 11.0. The highest BCUT2D eigenvalue weighted by Crippen LogP contribution is 2.36. The molecular weight excluding hydrogens is 511 g/mol. The largest absolute Gasteiger partial charge is 0.493 e. The molecule has 0 aliphatic heterocycles. The summed E-state index contributed by atoms with van der Waals surface area (Å²) in [5, 5.41) is 16.1. The standard InChI is InChI=1S/C24H22F3N5O6/c1-35-18-9-15-16(10-19(18)36-2)28-6-5-17(15)38-14-3-4-21(29-11-14)30-23(34)22-20(37-13-24(25,26)27)12-32(31-22)7-8-33/h3-6,9-12,33H,7-8,13H2,1-2H3,(H,29,30,34). The molecule has 1 amide bonds. The molecule has 0 spiro atoms. The molecule has 14 heteroatoms. The number of aromatic nitrogens is 4. The van der Waals surface area contributed by atoms with Crippen molar-refractivity contribution < 1.29 is 42.0 Å². The average molecular weight is 533 g/mol. The number of aliphatic hydroxyl groups is 1. The van der Waals surface area contributed by atoms with Crippen LogP contribution in [0.5, 0.6) is 28.7 Å². The highest BCUT2D eigenvalue weighted by Gasteiger charge is 2.30. The fourth-order valence-electron chi connectivity index (χ4n) is 3.40. The van der Waals surface area contributed by atoms with Gasteiger partial charge in [0.15, 0.2) is 29.5 Å². The SMILES string of the molecule is COc1cc2nccc(Oc3ccc(NC(=O)c4nn(CCO)cc4OCC(F)(F)F)nc3)c2cc1OC. The molecule has 3 heterocycles. The maximum atomic E-state index is 12.7. The van der Waals surface area contributed by atoms with Crippen molar-refractivity contribution >= 4 is 22.6 Å². The number of methoxy groups -OCH3 is 2. The van der Waals surface area contributed by atoms with Crippen molar-refractivity contribution in [3.05, 3.63) is 54.6 Å². The molecule has 0 saturated heterocycles. The monoisotopic (exact) mass is 533 g/mol. The van der Waals surface area contributed by atoms with Gasteiger partial charge in [-0.25, -0.2) is 4.98 Å². The van der Waals surface area contributed by atoms with Gasteiger partial charge in [-0.1, -0.05) is 0 Å². The van der Waals surface area contributed by atoms with Crippen LogP contribution < -0.4 is 24.3 Å². The average Bonchev–Trinajstić information content (AvgIpc) is 3.31. The summed E-state index contributed by atoms with van der Waals surface area (Å²) >= 11 is 0. The number of carbonyl (C=O) groups excluding carboxylic acids is 1. The number of aliphatic hydroxyl groups excluding tert-OH is 1. The molecule has 0 aliphatic rings. The topological polar surface area (TPSA) is 130 Å². The number of anilines is 1. The van der Waals surface area contributed by atoms with Gasteiger partial charge in [-0.15, -0.1) is 0 Å². The number of halogens is 3. The molecule has 0 unspecified atom stereocenters. The van der Waals surface area contributed by atoms with Gasteiger partial charge in [0.2, 0.25) is 0 Å². The highest BCUT2D eigenvalue weighted by atomic mass is 19.4. The second kappa shape index (κ2) is 11.2. The highest BCUT2D eigenvalue weighted by molar-refractivity contribution is 6.04. The van der Waals surface area contributed by atoms with Gasteiger partial charge in [0.05, 0.1) is 45.3 Å². The summed E-state index contributed by atoms with van der Waals surface area (Å²) in [6.07, 6.45) is -0.583. The lowest BCUT2D eigenvalue weighted by Crippen LogP contribution is -2.21. The Morgan fingerprint density at radius 1 is 1.05 bits per heavy atom. The van der Waals surface area contributed by atoms with Gasteiger partial charge in [0.25, 0.3) is 5.91 Å². The first-order chi connectivity index (χ1) is 18.2. The first kappa shape index (κ1) is 26.5. The third-order valence-corrected chi connectivity index (χ3v) is 5.08. The zero-order valence-corrected chi connectivity index (χ0v) is 20.2. The Kier molecular flexibility index (Phi) is 7.81. The fourth-order valence-corrected chi connectivity index (χ4v) is 3.40. The molecule has 38 heavy (non-hydrogen) atoms. The Hall–Kier alpha value is -4.59. The molecule has 1 aromatic carbocycles. The number of hydrogen-bond acceptors (Lipinski definition) is 9. The predicted octanol–water partition coefficient (Wildman–Crippen LogP) is 3.82. The minimum absolute atomic E-state index is 0.0394. The van der Waals surface area contributed by atoms with E-state index in [4.69, 9.17) is 24.1 Å². The number of carbonyl (C=O) groups is 1. The second-order valence-corrected chi connectivity index (χ2v) is 7.70. The van der Waals surface area contributed by atoms with Gasteiger partial charge in [-0.2, -0.15) is 18.3 Å². The molecule has 4 rings (SSSR count). The number of nitrogens with zero attached hydrogens (tertiary/aromatic N) is 4.